The molecular formula is C13H17FO3. The molecule has 0 saturated heterocycles. The summed E-state index contributed by atoms with van der Waals surface area (Å²) in [5.41, 5.74) is -0.120. The number of methoxy groups -OCH3 is 1. The van der Waals surface area contributed by atoms with Gasteiger partial charge in [0.1, 0.15) is 5.82 Å². The van der Waals surface area contributed by atoms with E-state index in [1.165, 1.54) is 7.11 Å². The number of aliphatic carboxylic acids is 1. The highest BCUT2D eigenvalue weighted by atomic mass is 19.1. The van der Waals surface area contributed by atoms with Crippen LogP contribution >= 0.6 is 0 Å². The molecule has 17 heavy (non-hydrogen) atoms. The Hall–Kier alpha value is -1.42. The summed E-state index contributed by atoms with van der Waals surface area (Å²) < 4.78 is 18.9. The van der Waals surface area contributed by atoms with Crippen LogP contribution in [0.2, 0.25) is 0 Å². The molecule has 1 rings (SSSR count). The van der Waals surface area contributed by atoms with Crippen LogP contribution in [-0.4, -0.2) is 18.2 Å². The van der Waals surface area contributed by atoms with E-state index in [4.69, 9.17) is 9.84 Å². The molecule has 0 aliphatic carbocycles. The first-order valence-electron chi connectivity index (χ1n) is 5.37. The van der Waals surface area contributed by atoms with Gasteiger partial charge in [-0.2, -0.15) is 0 Å². The van der Waals surface area contributed by atoms with E-state index in [0.29, 0.717) is 11.1 Å². The fourth-order valence-corrected chi connectivity index (χ4v) is 1.59. The Morgan fingerprint density at radius 3 is 2.53 bits per heavy atom. The number of carboxylic acids is 1. The van der Waals surface area contributed by atoms with Crippen molar-refractivity contribution in [3.05, 3.63) is 35.1 Å². The summed E-state index contributed by atoms with van der Waals surface area (Å²) in [6, 6.07) is 4.96. The van der Waals surface area contributed by atoms with Crippen molar-refractivity contribution >= 4 is 5.97 Å². The fourth-order valence-electron chi connectivity index (χ4n) is 1.59. The quantitative estimate of drug-likeness (QED) is 0.860. The molecular weight excluding hydrogens is 223 g/mol. The van der Waals surface area contributed by atoms with Gasteiger partial charge < -0.3 is 9.84 Å². The second kappa shape index (κ2) is 5.27. The Morgan fingerprint density at radius 2 is 2.00 bits per heavy atom. The summed E-state index contributed by atoms with van der Waals surface area (Å²) in [7, 11) is 1.49. The Kier molecular flexibility index (Phi) is 4.23. The SMILES string of the molecule is COCc1cccc(CC(C)(C)C(=O)O)c1F. The van der Waals surface area contributed by atoms with Crippen molar-refractivity contribution < 1.29 is 19.0 Å². The number of hydrogen-bond donors (Lipinski definition) is 1. The van der Waals surface area contributed by atoms with Crippen LogP contribution in [0.4, 0.5) is 4.39 Å². The minimum Gasteiger partial charge on any atom is -0.481 e. The molecule has 0 saturated carbocycles. The minimum atomic E-state index is -0.980. The lowest BCUT2D eigenvalue weighted by Gasteiger charge is -2.20. The van der Waals surface area contributed by atoms with E-state index in [1.54, 1.807) is 32.0 Å². The van der Waals surface area contributed by atoms with Crippen LogP contribution in [0.25, 0.3) is 0 Å². The summed E-state index contributed by atoms with van der Waals surface area (Å²) in [6.07, 6.45) is 0.158. The van der Waals surface area contributed by atoms with E-state index < -0.39 is 11.4 Å². The first kappa shape index (κ1) is 13.6. The standard InChI is InChI=1S/C13H17FO3/c1-13(2,12(15)16)7-9-5-4-6-10(8-17-3)11(9)14/h4-6H,7-8H2,1-3H3,(H,15,16). The van der Waals surface area contributed by atoms with Gasteiger partial charge in [-0.3, -0.25) is 4.79 Å². The lowest BCUT2D eigenvalue weighted by molar-refractivity contribution is -0.146. The normalized spacial score (nSPS) is 11.5. The molecule has 0 aliphatic rings. The third kappa shape index (κ3) is 3.27. The molecule has 0 radical (unpaired) electrons. The molecule has 0 amide bonds. The molecule has 0 bridgehead atoms. The van der Waals surface area contributed by atoms with Gasteiger partial charge >= 0.3 is 5.97 Å². The highest BCUT2D eigenvalue weighted by Gasteiger charge is 2.28. The predicted molar refractivity (Wildman–Crippen MR) is 62.2 cm³/mol. The average molecular weight is 240 g/mol. The van der Waals surface area contributed by atoms with Gasteiger partial charge in [-0.15, -0.1) is 0 Å². The monoisotopic (exact) mass is 240 g/mol. The summed E-state index contributed by atoms with van der Waals surface area (Å²) in [5.74, 6) is -1.31. The van der Waals surface area contributed by atoms with Gasteiger partial charge in [0.2, 0.25) is 0 Å². The van der Waals surface area contributed by atoms with E-state index in [0.717, 1.165) is 0 Å². The zero-order chi connectivity index (χ0) is 13.1. The second-order valence-corrected chi connectivity index (χ2v) is 4.69. The number of carbonyl (C=O) groups is 1. The van der Waals surface area contributed by atoms with E-state index in [9.17, 15) is 9.18 Å². The van der Waals surface area contributed by atoms with Crippen LogP contribution in [0.5, 0.6) is 0 Å². The van der Waals surface area contributed by atoms with Gasteiger partial charge in [-0.05, 0) is 25.8 Å². The molecule has 0 atom stereocenters. The average Bonchev–Trinajstić information content (AvgIpc) is 2.24. The molecule has 0 heterocycles. The maximum Gasteiger partial charge on any atom is 0.309 e. The van der Waals surface area contributed by atoms with Crippen LogP contribution in [0, 0.1) is 11.2 Å². The molecule has 1 N–H and O–H groups in total. The molecule has 4 heteroatoms. The maximum atomic E-state index is 14.0. The summed E-state index contributed by atoms with van der Waals surface area (Å²) in [4.78, 5) is 11.0. The first-order chi connectivity index (χ1) is 7.88. The number of benzene rings is 1. The molecule has 0 unspecified atom stereocenters. The summed E-state index contributed by atoms with van der Waals surface area (Å²) in [5, 5.41) is 9.02. The third-order valence-corrected chi connectivity index (χ3v) is 2.67. The molecule has 1 aromatic rings. The number of carboxylic acid groups (broad SMARTS) is 1. The van der Waals surface area contributed by atoms with E-state index in [-0.39, 0.29) is 18.8 Å². The second-order valence-electron chi connectivity index (χ2n) is 4.69. The Bertz CT molecular complexity index is 413. The highest BCUT2D eigenvalue weighted by molar-refractivity contribution is 5.74. The lowest BCUT2D eigenvalue weighted by Crippen LogP contribution is -2.26. The van der Waals surface area contributed by atoms with E-state index >= 15 is 0 Å². The largest absolute Gasteiger partial charge is 0.481 e. The van der Waals surface area contributed by atoms with Crippen LogP contribution in [0.15, 0.2) is 18.2 Å². The van der Waals surface area contributed by atoms with Crippen molar-refractivity contribution in [1.29, 1.82) is 0 Å². The van der Waals surface area contributed by atoms with Crippen molar-refractivity contribution in [1.82, 2.24) is 0 Å². The van der Waals surface area contributed by atoms with Gasteiger partial charge in [0.05, 0.1) is 12.0 Å². The zero-order valence-corrected chi connectivity index (χ0v) is 10.3. The highest BCUT2D eigenvalue weighted by Crippen LogP contribution is 2.25. The summed E-state index contributed by atoms with van der Waals surface area (Å²) in [6.45, 7) is 3.35. The van der Waals surface area contributed by atoms with Crippen LogP contribution in [0.1, 0.15) is 25.0 Å². The maximum absolute atomic E-state index is 14.0. The predicted octanol–water partition coefficient (Wildman–Crippen LogP) is 2.63. The smallest absolute Gasteiger partial charge is 0.309 e. The Labute approximate surface area is 100 Å². The molecule has 1 aromatic carbocycles. The van der Waals surface area contributed by atoms with Gasteiger partial charge in [-0.25, -0.2) is 4.39 Å². The summed E-state index contributed by atoms with van der Waals surface area (Å²) >= 11 is 0. The van der Waals surface area contributed by atoms with E-state index in [1.807, 2.05) is 0 Å². The van der Waals surface area contributed by atoms with Gasteiger partial charge in [0, 0.05) is 12.7 Å². The van der Waals surface area contributed by atoms with E-state index in [2.05, 4.69) is 0 Å². The van der Waals surface area contributed by atoms with Crippen molar-refractivity contribution in [3.8, 4) is 0 Å². The molecule has 3 nitrogen and oxygen atoms in total. The zero-order valence-electron chi connectivity index (χ0n) is 10.3. The molecule has 0 aromatic heterocycles. The molecule has 0 aliphatic heterocycles. The topological polar surface area (TPSA) is 46.5 Å². The van der Waals surface area contributed by atoms with Crippen molar-refractivity contribution in [3.63, 3.8) is 0 Å². The number of rotatable bonds is 5. The Balaban J connectivity index is 2.99. The molecule has 0 spiro atoms. The van der Waals surface area contributed by atoms with Crippen LogP contribution < -0.4 is 0 Å². The lowest BCUT2D eigenvalue weighted by atomic mass is 9.85. The molecule has 94 valence electrons. The van der Waals surface area contributed by atoms with Crippen molar-refractivity contribution in [2.24, 2.45) is 5.41 Å². The number of halogens is 1. The minimum absolute atomic E-state index is 0.158. The van der Waals surface area contributed by atoms with Crippen molar-refractivity contribution in [2.45, 2.75) is 26.9 Å². The Morgan fingerprint density at radius 1 is 1.41 bits per heavy atom. The first-order valence-corrected chi connectivity index (χ1v) is 5.37. The van der Waals surface area contributed by atoms with Gasteiger partial charge in [0.15, 0.2) is 0 Å². The van der Waals surface area contributed by atoms with Crippen molar-refractivity contribution in [2.75, 3.05) is 7.11 Å². The van der Waals surface area contributed by atoms with Crippen LogP contribution in [-0.2, 0) is 22.6 Å². The number of ether oxygens (including phenoxy) is 1. The fraction of sp³-hybridized carbons (Fsp3) is 0.462. The van der Waals surface area contributed by atoms with Gasteiger partial charge in [-0.1, -0.05) is 18.2 Å². The third-order valence-electron chi connectivity index (χ3n) is 2.67. The number of hydrogen-bond acceptors (Lipinski definition) is 2. The van der Waals surface area contributed by atoms with Gasteiger partial charge in [0.25, 0.3) is 0 Å². The molecule has 0 fully saturated rings. The van der Waals surface area contributed by atoms with Crippen LogP contribution in [0.3, 0.4) is 0 Å².